The van der Waals surface area contributed by atoms with E-state index in [4.69, 9.17) is 15.2 Å². The Balaban J connectivity index is 1.57. The van der Waals surface area contributed by atoms with Gasteiger partial charge in [-0.3, -0.25) is 4.79 Å². The largest absolute Gasteiger partial charge is 0.417 e. The first kappa shape index (κ1) is 21.0. The summed E-state index contributed by atoms with van der Waals surface area (Å²) in [5.41, 5.74) is 3.30. The normalized spacial score (nSPS) is 26.2. The van der Waals surface area contributed by atoms with Gasteiger partial charge < -0.3 is 25.0 Å². The average molecular weight is 407 g/mol. The van der Waals surface area contributed by atoms with Crippen molar-refractivity contribution in [2.75, 3.05) is 31.1 Å². The van der Waals surface area contributed by atoms with Crippen LogP contribution in [0.1, 0.15) is 33.1 Å². The molecule has 9 heteroatoms. The molecule has 2 atom stereocenters. The van der Waals surface area contributed by atoms with Gasteiger partial charge in [-0.1, -0.05) is 19.8 Å². The Hall–Kier alpha value is -2.68. The minimum Gasteiger partial charge on any atom is -0.373 e. The Morgan fingerprint density at radius 1 is 1.17 bits per heavy atom. The van der Waals surface area contributed by atoms with E-state index < -0.39 is 29.2 Å². The molecular weight excluding hydrogens is 381 g/mol. The highest BCUT2D eigenvalue weighted by atomic mass is 19.1. The maximum absolute atomic E-state index is 13.1. The molecule has 2 saturated heterocycles. The van der Waals surface area contributed by atoms with Gasteiger partial charge in [-0.25, -0.2) is 14.0 Å². The Morgan fingerprint density at radius 3 is 2.34 bits per heavy atom. The summed E-state index contributed by atoms with van der Waals surface area (Å²) in [6, 6.07) is 6.10. The summed E-state index contributed by atoms with van der Waals surface area (Å²) in [5.74, 6) is -2.32. The molecule has 2 aliphatic heterocycles. The zero-order valence-corrected chi connectivity index (χ0v) is 16.7. The van der Waals surface area contributed by atoms with E-state index >= 15 is 0 Å². The van der Waals surface area contributed by atoms with Crippen molar-refractivity contribution in [2.24, 2.45) is 5.73 Å². The number of esters is 1. The van der Waals surface area contributed by atoms with Crippen molar-refractivity contribution in [2.45, 2.75) is 44.3 Å². The zero-order chi connectivity index (χ0) is 21.2. The third-order valence-electron chi connectivity index (χ3n) is 5.63. The molecule has 158 valence electrons. The summed E-state index contributed by atoms with van der Waals surface area (Å²) in [7, 11) is 0. The van der Waals surface area contributed by atoms with Crippen LogP contribution < -0.4 is 10.6 Å². The van der Waals surface area contributed by atoms with Gasteiger partial charge in [-0.05, 0) is 37.6 Å². The number of primary amides is 1. The highest BCUT2D eigenvalue weighted by Gasteiger charge is 2.77. The first-order valence-corrected chi connectivity index (χ1v) is 9.75. The number of halogens is 1. The molecule has 3 rings (SSSR count). The molecule has 2 heterocycles. The van der Waals surface area contributed by atoms with Crippen LogP contribution in [-0.4, -0.2) is 60.3 Å². The van der Waals surface area contributed by atoms with Crippen molar-refractivity contribution in [3.05, 3.63) is 30.1 Å². The second-order valence-electron chi connectivity index (χ2n) is 7.59. The van der Waals surface area contributed by atoms with Crippen LogP contribution in [0.5, 0.6) is 0 Å². The third-order valence-corrected chi connectivity index (χ3v) is 5.63. The fourth-order valence-corrected chi connectivity index (χ4v) is 3.74. The van der Waals surface area contributed by atoms with Crippen molar-refractivity contribution in [1.29, 1.82) is 0 Å². The van der Waals surface area contributed by atoms with Crippen LogP contribution in [0.3, 0.4) is 0 Å². The quantitative estimate of drug-likeness (QED) is 0.438. The van der Waals surface area contributed by atoms with Crippen LogP contribution in [0, 0.1) is 5.82 Å². The third kappa shape index (κ3) is 3.91. The number of nitrogens with two attached hydrogens (primary N) is 1. The van der Waals surface area contributed by atoms with Gasteiger partial charge in [-0.2, -0.15) is 0 Å². The van der Waals surface area contributed by atoms with E-state index in [0.717, 1.165) is 18.5 Å². The molecule has 1 aromatic carbocycles. The molecule has 0 saturated carbocycles. The summed E-state index contributed by atoms with van der Waals surface area (Å²) in [5, 5.41) is 0. The molecule has 0 spiro atoms. The number of hydrogen-bond donors (Lipinski definition) is 1. The number of amides is 2. The Bertz CT molecular complexity index is 794. The number of nitrogens with zero attached hydrogens (tertiary/aromatic N) is 2. The summed E-state index contributed by atoms with van der Waals surface area (Å²) < 4.78 is 23.5. The molecule has 2 amide bonds. The lowest BCUT2D eigenvalue weighted by Crippen LogP contribution is -2.52. The van der Waals surface area contributed by atoms with E-state index in [-0.39, 0.29) is 5.82 Å². The van der Waals surface area contributed by atoms with Crippen molar-refractivity contribution >= 4 is 23.7 Å². The lowest BCUT2D eigenvalue weighted by Gasteiger charge is -2.35. The van der Waals surface area contributed by atoms with Crippen LogP contribution in [0.2, 0.25) is 0 Å². The molecule has 0 aliphatic carbocycles. The van der Waals surface area contributed by atoms with Crippen LogP contribution in [0.25, 0.3) is 0 Å². The molecule has 2 fully saturated rings. The van der Waals surface area contributed by atoms with E-state index in [1.54, 1.807) is 19.1 Å². The summed E-state index contributed by atoms with van der Waals surface area (Å²) in [4.78, 5) is 40.3. The second kappa shape index (κ2) is 7.98. The number of rotatable bonds is 6. The smallest absolute Gasteiger partial charge is 0.373 e. The van der Waals surface area contributed by atoms with E-state index in [2.05, 4.69) is 0 Å². The minimum atomic E-state index is -1.91. The number of carbonyl (C=O) groups excluding carboxylic acids is 3. The van der Waals surface area contributed by atoms with Crippen molar-refractivity contribution in [1.82, 2.24) is 4.90 Å². The van der Waals surface area contributed by atoms with E-state index in [1.807, 2.05) is 11.8 Å². The van der Waals surface area contributed by atoms with Gasteiger partial charge in [0, 0.05) is 31.9 Å². The molecule has 2 aliphatic rings. The number of ether oxygens (including phenoxy) is 2. The number of piperazine rings is 1. The van der Waals surface area contributed by atoms with E-state index in [9.17, 15) is 18.8 Å². The highest BCUT2D eigenvalue weighted by molar-refractivity contribution is 6.12. The van der Waals surface area contributed by atoms with Gasteiger partial charge in [0.15, 0.2) is 0 Å². The highest BCUT2D eigenvalue weighted by Crippen LogP contribution is 2.52. The molecule has 0 radical (unpaired) electrons. The molecule has 2 unspecified atom stereocenters. The monoisotopic (exact) mass is 407 g/mol. The predicted molar refractivity (Wildman–Crippen MR) is 103 cm³/mol. The summed E-state index contributed by atoms with van der Waals surface area (Å²) in [6.07, 6.45) is 1.24. The van der Waals surface area contributed by atoms with Gasteiger partial charge >= 0.3 is 12.1 Å². The summed E-state index contributed by atoms with van der Waals surface area (Å²) in [6.45, 7) is 5.25. The molecule has 29 heavy (non-hydrogen) atoms. The fraction of sp³-hybridized carbons (Fsp3) is 0.550. The average Bonchev–Trinajstić information content (AvgIpc) is 3.35. The number of epoxide rings is 1. The lowest BCUT2D eigenvalue weighted by molar-refractivity contribution is -0.148. The maximum atomic E-state index is 13.1. The molecule has 1 aromatic rings. The number of benzene rings is 1. The Kier molecular flexibility index (Phi) is 5.79. The molecule has 8 nitrogen and oxygen atoms in total. The summed E-state index contributed by atoms with van der Waals surface area (Å²) >= 11 is 0. The predicted octanol–water partition coefficient (Wildman–Crippen LogP) is 1.81. The SMILES string of the molecule is CCCCC1(C)OC1(C(N)=O)C(=O)OC(=O)N1CCN(c2ccc(F)cc2)CC1. The van der Waals surface area contributed by atoms with Crippen LogP contribution in [0.15, 0.2) is 24.3 Å². The topological polar surface area (TPSA) is 105 Å². The van der Waals surface area contributed by atoms with Crippen LogP contribution in [0.4, 0.5) is 14.9 Å². The number of anilines is 1. The molecular formula is C20H26FN3O5. The van der Waals surface area contributed by atoms with Gasteiger partial charge in [0.1, 0.15) is 11.4 Å². The van der Waals surface area contributed by atoms with Gasteiger partial charge in [0.05, 0.1) is 0 Å². The number of carbonyl (C=O) groups is 3. The maximum Gasteiger partial charge on any atom is 0.417 e. The van der Waals surface area contributed by atoms with Crippen molar-refractivity contribution in [3.8, 4) is 0 Å². The minimum absolute atomic E-state index is 0.314. The fourth-order valence-electron chi connectivity index (χ4n) is 3.74. The zero-order valence-electron chi connectivity index (χ0n) is 16.7. The first-order chi connectivity index (χ1) is 13.7. The lowest BCUT2D eigenvalue weighted by atomic mass is 9.89. The second-order valence-corrected chi connectivity index (χ2v) is 7.59. The standard InChI is InChI=1S/C20H26FN3O5/c1-3-4-9-19(2)20(29-19,16(22)25)17(26)28-18(27)24-12-10-23(11-13-24)15-7-5-14(21)6-8-15/h5-8H,3-4,9-13H2,1-2H3,(H2,22,25). The molecule has 0 bridgehead atoms. The molecule has 0 aromatic heterocycles. The van der Waals surface area contributed by atoms with Gasteiger partial charge in [-0.15, -0.1) is 0 Å². The van der Waals surface area contributed by atoms with Gasteiger partial charge in [0.2, 0.25) is 0 Å². The van der Waals surface area contributed by atoms with Gasteiger partial charge in [0.25, 0.3) is 11.5 Å². The van der Waals surface area contributed by atoms with E-state index in [1.165, 1.54) is 17.0 Å². The first-order valence-electron chi connectivity index (χ1n) is 9.75. The van der Waals surface area contributed by atoms with Crippen molar-refractivity contribution in [3.63, 3.8) is 0 Å². The van der Waals surface area contributed by atoms with Crippen LogP contribution >= 0.6 is 0 Å². The van der Waals surface area contributed by atoms with E-state index in [0.29, 0.717) is 32.6 Å². The van der Waals surface area contributed by atoms with Crippen molar-refractivity contribution < 1.29 is 28.2 Å². The molecule has 2 N–H and O–H groups in total. The Morgan fingerprint density at radius 2 is 1.79 bits per heavy atom. The Labute approximate surface area is 168 Å². The van der Waals surface area contributed by atoms with Crippen LogP contribution in [-0.2, 0) is 19.1 Å². The number of hydrogen-bond acceptors (Lipinski definition) is 6. The number of unbranched alkanes of at least 4 members (excludes halogenated alkanes) is 1.